The van der Waals surface area contributed by atoms with Crippen molar-refractivity contribution < 1.29 is 4.79 Å². The van der Waals surface area contributed by atoms with E-state index in [1.165, 1.54) is 17.5 Å². The van der Waals surface area contributed by atoms with E-state index in [9.17, 15) is 4.79 Å². The van der Waals surface area contributed by atoms with Crippen LogP contribution in [0.1, 0.15) is 29.8 Å². The number of pyridine rings is 1. The Bertz CT molecular complexity index is 1270. The lowest BCUT2D eigenvalue weighted by atomic mass is 9.95. The number of halogens is 1. The Hall–Kier alpha value is -2.91. The molecule has 2 N–H and O–H groups in total. The van der Waals surface area contributed by atoms with Crippen LogP contribution in [-0.4, -0.2) is 57.0 Å². The van der Waals surface area contributed by atoms with Gasteiger partial charge in [-0.25, -0.2) is 4.98 Å². The van der Waals surface area contributed by atoms with Crippen molar-refractivity contribution in [2.45, 2.75) is 19.4 Å². The normalized spacial score (nSPS) is 15.4. The van der Waals surface area contributed by atoms with E-state index in [0.717, 1.165) is 58.0 Å². The Balaban J connectivity index is 1.64. The number of benzene rings is 1. The third-order valence-corrected chi connectivity index (χ3v) is 7.38. The standard InChI is InChI=1S/C25H25ClN6OS/c1-16(33)12-20-13-18(6-7-28-20)22-14-21(24(34-22)25-29-15-30-31-25)23(32-10-8-27-9-11-32)17-2-4-19(26)5-3-17/h2-7,13-15,23,27H,8-12H2,1H3,(H,29,30,31). The maximum absolute atomic E-state index is 11.6. The van der Waals surface area contributed by atoms with Crippen LogP contribution >= 0.6 is 22.9 Å². The second-order valence-electron chi connectivity index (χ2n) is 8.38. The average molecular weight is 493 g/mol. The second-order valence-corrected chi connectivity index (χ2v) is 9.87. The van der Waals surface area contributed by atoms with Crippen molar-refractivity contribution in [3.8, 4) is 21.1 Å². The van der Waals surface area contributed by atoms with Gasteiger partial charge < -0.3 is 5.32 Å². The number of hydrogen-bond donors (Lipinski definition) is 2. The van der Waals surface area contributed by atoms with Gasteiger partial charge in [0, 0.05) is 54.4 Å². The molecule has 4 heterocycles. The minimum atomic E-state index is 0.0444. The maximum Gasteiger partial charge on any atom is 0.165 e. The van der Waals surface area contributed by atoms with E-state index in [4.69, 9.17) is 11.6 Å². The fraction of sp³-hybridized carbons (Fsp3) is 0.280. The van der Waals surface area contributed by atoms with Gasteiger partial charge >= 0.3 is 0 Å². The molecule has 0 amide bonds. The molecule has 9 heteroatoms. The summed E-state index contributed by atoms with van der Waals surface area (Å²) in [7, 11) is 0. The van der Waals surface area contributed by atoms with Gasteiger partial charge in [0.15, 0.2) is 5.82 Å². The summed E-state index contributed by atoms with van der Waals surface area (Å²) in [5.41, 5.74) is 4.17. The average Bonchev–Trinajstić information content (AvgIpc) is 3.51. The number of nitrogens with one attached hydrogen (secondary N) is 2. The smallest absolute Gasteiger partial charge is 0.165 e. The Kier molecular flexibility index (Phi) is 6.82. The Morgan fingerprint density at radius 2 is 1.94 bits per heavy atom. The molecule has 0 aliphatic carbocycles. The molecule has 5 rings (SSSR count). The van der Waals surface area contributed by atoms with E-state index < -0.39 is 0 Å². The van der Waals surface area contributed by atoms with Crippen LogP contribution in [0.15, 0.2) is 55.0 Å². The molecule has 0 spiro atoms. The minimum Gasteiger partial charge on any atom is -0.314 e. The summed E-state index contributed by atoms with van der Waals surface area (Å²) in [6.07, 6.45) is 3.64. The molecule has 0 bridgehead atoms. The molecule has 1 atom stereocenters. The molecule has 34 heavy (non-hydrogen) atoms. The van der Waals surface area contributed by atoms with Crippen molar-refractivity contribution in [3.63, 3.8) is 0 Å². The van der Waals surface area contributed by atoms with Crippen LogP contribution in [0, 0.1) is 0 Å². The molecule has 1 aliphatic heterocycles. The van der Waals surface area contributed by atoms with Crippen molar-refractivity contribution in [2.75, 3.05) is 26.2 Å². The van der Waals surface area contributed by atoms with Gasteiger partial charge in [-0.05, 0) is 53.9 Å². The molecule has 1 aromatic carbocycles. The Labute approximate surface area is 207 Å². The van der Waals surface area contributed by atoms with Gasteiger partial charge in [0.05, 0.1) is 10.9 Å². The summed E-state index contributed by atoms with van der Waals surface area (Å²) in [6, 6.07) is 14.4. The molecular weight excluding hydrogens is 468 g/mol. The molecule has 3 aromatic heterocycles. The van der Waals surface area contributed by atoms with Gasteiger partial charge in [-0.2, -0.15) is 5.10 Å². The monoisotopic (exact) mass is 492 g/mol. The van der Waals surface area contributed by atoms with Gasteiger partial charge in [0.2, 0.25) is 0 Å². The van der Waals surface area contributed by atoms with Gasteiger partial charge in [-0.3, -0.25) is 19.8 Å². The van der Waals surface area contributed by atoms with Crippen LogP contribution in [0.3, 0.4) is 0 Å². The number of piperazine rings is 1. The van der Waals surface area contributed by atoms with Crippen LogP contribution in [0.5, 0.6) is 0 Å². The number of Topliss-reactive ketones (excluding diaryl/α,β-unsaturated/α-hetero) is 1. The number of aromatic nitrogens is 4. The number of hydrogen-bond acceptors (Lipinski definition) is 7. The zero-order valence-corrected chi connectivity index (χ0v) is 20.4. The molecule has 0 saturated carbocycles. The molecule has 174 valence electrons. The van der Waals surface area contributed by atoms with E-state index in [1.807, 2.05) is 24.3 Å². The molecule has 1 unspecified atom stereocenters. The summed E-state index contributed by atoms with van der Waals surface area (Å²) in [6.45, 7) is 5.34. The van der Waals surface area contributed by atoms with Crippen molar-refractivity contribution in [1.82, 2.24) is 30.4 Å². The van der Waals surface area contributed by atoms with Gasteiger partial charge in [0.1, 0.15) is 12.1 Å². The summed E-state index contributed by atoms with van der Waals surface area (Å²) < 4.78 is 0. The number of ketones is 1. The first-order valence-corrected chi connectivity index (χ1v) is 12.4. The molecule has 7 nitrogen and oxygen atoms in total. The summed E-state index contributed by atoms with van der Waals surface area (Å²) >= 11 is 7.89. The van der Waals surface area contributed by atoms with Crippen molar-refractivity contribution in [3.05, 3.63) is 76.8 Å². The van der Waals surface area contributed by atoms with E-state index in [1.54, 1.807) is 24.5 Å². The number of rotatable bonds is 7. The molecule has 1 saturated heterocycles. The molecule has 4 aromatic rings. The number of nitrogens with zero attached hydrogens (tertiary/aromatic N) is 4. The van der Waals surface area contributed by atoms with Crippen LogP contribution in [-0.2, 0) is 11.2 Å². The zero-order chi connectivity index (χ0) is 23.5. The minimum absolute atomic E-state index is 0.0444. The van der Waals surface area contributed by atoms with E-state index in [-0.39, 0.29) is 11.8 Å². The van der Waals surface area contributed by atoms with Gasteiger partial charge in [-0.15, -0.1) is 11.3 Å². The van der Waals surface area contributed by atoms with Crippen molar-refractivity contribution in [1.29, 1.82) is 0 Å². The second kappa shape index (κ2) is 10.1. The first-order valence-electron chi connectivity index (χ1n) is 11.2. The number of aromatic amines is 1. The number of thiophene rings is 1. The fourth-order valence-corrected chi connectivity index (χ4v) is 5.67. The van der Waals surface area contributed by atoms with E-state index >= 15 is 0 Å². The van der Waals surface area contributed by atoms with Crippen LogP contribution in [0.25, 0.3) is 21.1 Å². The Morgan fingerprint density at radius 1 is 1.15 bits per heavy atom. The highest BCUT2D eigenvalue weighted by atomic mass is 35.5. The summed E-state index contributed by atoms with van der Waals surface area (Å²) in [5, 5.41) is 11.3. The van der Waals surface area contributed by atoms with Crippen LogP contribution in [0.2, 0.25) is 5.02 Å². The van der Waals surface area contributed by atoms with Gasteiger partial charge in [-0.1, -0.05) is 23.7 Å². The fourth-order valence-electron chi connectivity index (χ4n) is 4.41. The molecular formula is C25H25ClN6OS. The number of carbonyl (C=O) groups excluding carboxylic acids is 1. The molecule has 1 aliphatic rings. The maximum atomic E-state index is 11.6. The highest BCUT2D eigenvalue weighted by Crippen LogP contribution is 2.43. The third-order valence-electron chi connectivity index (χ3n) is 5.92. The summed E-state index contributed by atoms with van der Waals surface area (Å²) in [4.78, 5) is 25.2. The lowest BCUT2D eigenvalue weighted by Crippen LogP contribution is -2.45. The summed E-state index contributed by atoms with van der Waals surface area (Å²) in [5.74, 6) is 0.846. The predicted molar refractivity (Wildman–Crippen MR) is 135 cm³/mol. The van der Waals surface area contributed by atoms with Crippen LogP contribution in [0.4, 0.5) is 0 Å². The SMILES string of the molecule is CC(=O)Cc1cc(-c2cc(C(c3ccc(Cl)cc3)N3CCNCC3)c(-c3ncn[nH]3)s2)ccn1. The van der Waals surface area contributed by atoms with Gasteiger partial charge in [0.25, 0.3) is 0 Å². The van der Waals surface area contributed by atoms with Crippen LogP contribution < -0.4 is 5.32 Å². The lowest BCUT2D eigenvalue weighted by molar-refractivity contribution is -0.116. The Morgan fingerprint density at radius 3 is 2.65 bits per heavy atom. The van der Waals surface area contributed by atoms with Crippen molar-refractivity contribution >= 4 is 28.7 Å². The quantitative estimate of drug-likeness (QED) is 0.398. The molecule has 1 fully saturated rings. The van der Waals surface area contributed by atoms with Crippen molar-refractivity contribution in [2.24, 2.45) is 0 Å². The van der Waals surface area contributed by atoms with E-state index in [2.05, 4.69) is 48.6 Å². The number of carbonyl (C=O) groups is 1. The molecule has 0 radical (unpaired) electrons. The first kappa shape index (κ1) is 22.9. The third kappa shape index (κ3) is 4.95. The number of H-pyrrole nitrogens is 1. The highest BCUT2D eigenvalue weighted by Gasteiger charge is 2.29. The predicted octanol–water partition coefficient (Wildman–Crippen LogP) is 4.37. The van der Waals surface area contributed by atoms with E-state index in [0.29, 0.717) is 6.42 Å². The highest BCUT2D eigenvalue weighted by molar-refractivity contribution is 7.19. The first-order chi connectivity index (χ1) is 16.6. The lowest BCUT2D eigenvalue weighted by Gasteiger charge is -2.35. The largest absolute Gasteiger partial charge is 0.314 e. The topological polar surface area (TPSA) is 86.8 Å². The zero-order valence-electron chi connectivity index (χ0n) is 18.8.